The van der Waals surface area contributed by atoms with Crippen LogP contribution in [0.25, 0.3) is 5.69 Å². The largest absolute Gasteiger partial charge is 0.465 e. The van der Waals surface area contributed by atoms with E-state index in [4.69, 9.17) is 4.74 Å². The van der Waals surface area contributed by atoms with Crippen molar-refractivity contribution < 1.29 is 18.7 Å². The lowest BCUT2D eigenvalue weighted by Crippen LogP contribution is -2.15. The fraction of sp³-hybridized carbons (Fsp3) is 0.190. The Hall–Kier alpha value is -3.48. The number of carbonyl (C=O) groups excluding carboxylic acids is 2. The second-order valence-corrected chi connectivity index (χ2v) is 6.42. The van der Waals surface area contributed by atoms with Gasteiger partial charge < -0.3 is 10.1 Å². The SMILES string of the molecule is COC(=O)c1cc(NC(=O)c2cnn(-c3ccccc3F)c2C)cc(C)c1C. The highest BCUT2D eigenvalue weighted by Gasteiger charge is 2.19. The van der Waals surface area contributed by atoms with Gasteiger partial charge in [-0.05, 0) is 56.2 Å². The topological polar surface area (TPSA) is 73.2 Å². The number of hydrogen-bond donors (Lipinski definition) is 1. The number of anilines is 1. The molecule has 1 amide bonds. The molecule has 0 unspecified atom stereocenters. The van der Waals surface area contributed by atoms with Crippen LogP contribution >= 0.6 is 0 Å². The minimum Gasteiger partial charge on any atom is -0.465 e. The summed E-state index contributed by atoms with van der Waals surface area (Å²) in [5.74, 6) is -1.31. The Balaban J connectivity index is 1.92. The number of carbonyl (C=O) groups is 2. The second-order valence-electron chi connectivity index (χ2n) is 6.42. The van der Waals surface area contributed by atoms with Gasteiger partial charge in [-0.15, -0.1) is 0 Å². The highest BCUT2D eigenvalue weighted by Crippen LogP contribution is 2.23. The minimum absolute atomic E-state index is 0.262. The van der Waals surface area contributed by atoms with Crippen LogP contribution in [0.1, 0.15) is 37.5 Å². The molecule has 0 radical (unpaired) electrons. The number of benzene rings is 2. The minimum atomic E-state index is -0.472. The van der Waals surface area contributed by atoms with Gasteiger partial charge in [-0.3, -0.25) is 4.79 Å². The van der Waals surface area contributed by atoms with Crippen molar-refractivity contribution in [2.45, 2.75) is 20.8 Å². The van der Waals surface area contributed by atoms with E-state index in [2.05, 4.69) is 10.4 Å². The highest BCUT2D eigenvalue weighted by molar-refractivity contribution is 6.05. The lowest BCUT2D eigenvalue weighted by atomic mass is 10.0. The zero-order chi connectivity index (χ0) is 20.4. The smallest absolute Gasteiger partial charge is 0.338 e. The number of nitrogens with zero attached hydrogens (tertiary/aromatic N) is 2. The predicted octanol–water partition coefficient (Wildman–Crippen LogP) is 3.98. The molecule has 0 aliphatic carbocycles. The predicted molar refractivity (Wildman–Crippen MR) is 103 cm³/mol. The van der Waals surface area contributed by atoms with Crippen LogP contribution in [-0.4, -0.2) is 28.8 Å². The van der Waals surface area contributed by atoms with Gasteiger partial charge in [-0.1, -0.05) is 12.1 Å². The van der Waals surface area contributed by atoms with Gasteiger partial charge >= 0.3 is 5.97 Å². The summed E-state index contributed by atoms with van der Waals surface area (Å²) >= 11 is 0. The van der Waals surface area contributed by atoms with Crippen molar-refractivity contribution in [2.75, 3.05) is 12.4 Å². The molecular formula is C21H20FN3O3. The van der Waals surface area contributed by atoms with Gasteiger partial charge in [0.25, 0.3) is 5.91 Å². The van der Waals surface area contributed by atoms with E-state index in [1.807, 2.05) is 13.8 Å². The lowest BCUT2D eigenvalue weighted by Gasteiger charge is -2.12. The molecule has 0 saturated heterocycles. The Morgan fingerprint density at radius 2 is 1.82 bits per heavy atom. The zero-order valence-electron chi connectivity index (χ0n) is 16.0. The third-order valence-corrected chi connectivity index (χ3v) is 4.67. The Morgan fingerprint density at radius 3 is 2.50 bits per heavy atom. The average molecular weight is 381 g/mol. The monoisotopic (exact) mass is 381 g/mol. The van der Waals surface area contributed by atoms with E-state index in [-0.39, 0.29) is 5.69 Å². The molecule has 0 atom stereocenters. The summed E-state index contributed by atoms with van der Waals surface area (Å²) in [6.45, 7) is 5.35. The quantitative estimate of drug-likeness (QED) is 0.694. The molecule has 0 aliphatic heterocycles. The number of halogens is 1. The number of nitrogens with one attached hydrogen (secondary N) is 1. The van der Waals surface area contributed by atoms with Gasteiger partial charge in [-0.2, -0.15) is 5.10 Å². The van der Waals surface area contributed by atoms with E-state index >= 15 is 0 Å². The first-order valence-electron chi connectivity index (χ1n) is 8.64. The fourth-order valence-corrected chi connectivity index (χ4v) is 2.95. The molecular weight excluding hydrogens is 361 g/mol. The maximum Gasteiger partial charge on any atom is 0.338 e. The molecule has 28 heavy (non-hydrogen) atoms. The first kappa shape index (κ1) is 19.3. The van der Waals surface area contributed by atoms with Crippen molar-refractivity contribution in [2.24, 2.45) is 0 Å². The molecule has 0 aliphatic rings. The van der Waals surface area contributed by atoms with Crippen molar-refractivity contribution in [1.29, 1.82) is 0 Å². The molecule has 1 N–H and O–H groups in total. The van der Waals surface area contributed by atoms with Gasteiger partial charge in [0.2, 0.25) is 0 Å². The summed E-state index contributed by atoms with van der Waals surface area (Å²) in [6.07, 6.45) is 1.39. The number of hydrogen-bond acceptors (Lipinski definition) is 4. The fourth-order valence-electron chi connectivity index (χ4n) is 2.95. The van der Waals surface area contributed by atoms with E-state index in [1.165, 1.54) is 24.1 Å². The summed E-state index contributed by atoms with van der Waals surface area (Å²) < 4.78 is 20.2. The first-order chi connectivity index (χ1) is 13.3. The number of ether oxygens (including phenoxy) is 1. The average Bonchev–Trinajstić information content (AvgIpc) is 3.05. The van der Waals surface area contributed by atoms with Crippen LogP contribution in [0.2, 0.25) is 0 Å². The number of rotatable bonds is 4. The van der Waals surface area contributed by atoms with Crippen LogP contribution in [0.15, 0.2) is 42.6 Å². The Kier molecular flexibility index (Phi) is 5.26. The van der Waals surface area contributed by atoms with Gasteiger partial charge in [-0.25, -0.2) is 13.9 Å². The third kappa shape index (κ3) is 3.51. The Bertz CT molecular complexity index is 1070. The maximum atomic E-state index is 14.0. The van der Waals surface area contributed by atoms with Crippen LogP contribution in [0.4, 0.5) is 10.1 Å². The van der Waals surface area contributed by atoms with Crippen molar-refractivity contribution in [3.05, 3.63) is 76.4 Å². The molecule has 1 aromatic heterocycles. The molecule has 0 saturated carbocycles. The van der Waals surface area contributed by atoms with Crippen molar-refractivity contribution in [3.63, 3.8) is 0 Å². The van der Waals surface area contributed by atoms with Crippen molar-refractivity contribution >= 4 is 17.6 Å². The summed E-state index contributed by atoms with van der Waals surface area (Å²) in [5, 5.41) is 6.91. The van der Waals surface area contributed by atoms with Gasteiger partial charge in [0.05, 0.1) is 30.1 Å². The van der Waals surface area contributed by atoms with E-state index in [1.54, 1.807) is 37.3 Å². The lowest BCUT2D eigenvalue weighted by molar-refractivity contribution is 0.0599. The molecule has 0 spiro atoms. The maximum absolute atomic E-state index is 14.0. The van der Waals surface area contributed by atoms with E-state index < -0.39 is 17.7 Å². The summed E-state index contributed by atoms with van der Waals surface area (Å²) in [4.78, 5) is 24.7. The first-order valence-corrected chi connectivity index (χ1v) is 8.64. The molecule has 3 aromatic rings. The Labute approximate surface area is 161 Å². The van der Waals surface area contributed by atoms with E-state index in [0.717, 1.165) is 11.1 Å². The van der Waals surface area contributed by atoms with Crippen LogP contribution in [0.5, 0.6) is 0 Å². The molecule has 7 heteroatoms. The van der Waals surface area contributed by atoms with Gasteiger partial charge in [0, 0.05) is 5.69 Å². The van der Waals surface area contributed by atoms with E-state index in [0.29, 0.717) is 22.5 Å². The number of esters is 1. The van der Waals surface area contributed by atoms with Crippen molar-refractivity contribution in [1.82, 2.24) is 9.78 Å². The third-order valence-electron chi connectivity index (χ3n) is 4.67. The number of aryl methyl sites for hydroxylation is 1. The summed E-state index contributed by atoms with van der Waals surface area (Å²) in [6, 6.07) is 9.55. The van der Waals surface area contributed by atoms with Gasteiger partial charge in [0.1, 0.15) is 11.5 Å². The number of amides is 1. The normalized spacial score (nSPS) is 10.6. The van der Waals surface area contributed by atoms with Crippen LogP contribution in [0.3, 0.4) is 0 Å². The van der Waals surface area contributed by atoms with Crippen LogP contribution < -0.4 is 5.32 Å². The van der Waals surface area contributed by atoms with Crippen LogP contribution in [0, 0.1) is 26.6 Å². The molecule has 0 bridgehead atoms. The molecule has 3 rings (SSSR count). The summed E-state index contributed by atoms with van der Waals surface area (Å²) in [7, 11) is 1.31. The molecule has 2 aromatic carbocycles. The highest BCUT2D eigenvalue weighted by atomic mass is 19.1. The molecule has 144 valence electrons. The number of para-hydroxylation sites is 1. The van der Waals surface area contributed by atoms with Crippen molar-refractivity contribution in [3.8, 4) is 5.69 Å². The second kappa shape index (κ2) is 7.64. The Morgan fingerprint density at radius 1 is 1.11 bits per heavy atom. The molecule has 1 heterocycles. The number of aromatic nitrogens is 2. The standard InChI is InChI=1S/C21H20FN3O3/c1-12-9-15(10-16(13(12)2)21(27)28-4)24-20(26)17-11-23-25(14(17)3)19-8-6-5-7-18(19)22/h5-11H,1-4H3,(H,24,26). The molecule has 6 nitrogen and oxygen atoms in total. The molecule has 0 fully saturated rings. The zero-order valence-corrected chi connectivity index (χ0v) is 16.0. The van der Waals surface area contributed by atoms with Gasteiger partial charge in [0.15, 0.2) is 0 Å². The van der Waals surface area contributed by atoms with E-state index in [9.17, 15) is 14.0 Å². The van der Waals surface area contributed by atoms with Crippen LogP contribution in [-0.2, 0) is 4.74 Å². The number of methoxy groups -OCH3 is 1. The summed E-state index contributed by atoms with van der Waals surface area (Å²) in [5.41, 5.74) is 3.55.